The van der Waals surface area contributed by atoms with Crippen LogP contribution < -0.4 is 0 Å². The minimum absolute atomic E-state index is 0.0113. The van der Waals surface area contributed by atoms with Crippen LogP contribution in [0.4, 0.5) is 0 Å². The number of benzene rings is 1. The lowest BCUT2D eigenvalue weighted by Gasteiger charge is -2.37. The van der Waals surface area contributed by atoms with Gasteiger partial charge in [0.25, 0.3) is 0 Å². The predicted octanol–water partition coefficient (Wildman–Crippen LogP) is 5.01. The van der Waals surface area contributed by atoms with E-state index in [0.717, 1.165) is 35.4 Å². The fraction of sp³-hybridized carbons (Fsp3) is 0.455. The second-order valence-corrected chi connectivity index (χ2v) is 7.97. The number of carbonyl (C=O) groups is 2. The Bertz CT molecular complexity index is 842. The van der Waals surface area contributed by atoms with Crippen LogP contribution in [0.3, 0.4) is 0 Å². The van der Waals surface area contributed by atoms with E-state index in [-0.39, 0.29) is 22.9 Å². The third-order valence-electron chi connectivity index (χ3n) is 5.58. The maximum absolute atomic E-state index is 12.1. The van der Waals surface area contributed by atoms with Crippen molar-refractivity contribution in [3.8, 4) is 11.3 Å². The predicted molar refractivity (Wildman–Crippen MR) is 101 cm³/mol. The number of hydrogen-bond acceptors (Lipinski definition) is 2. The average Bonchev–Trinajstić information content (AvgIpc) is 2.94. The summed E-state index contributed by atoms with van der Waals surface area (Å²) in [5.74, 6) is 0.534. The molecule has 3 heteroatoms. The molecule has 0 fully saturated rings. The van der Waals surface area contributed by atoms with Gasteiger partial charge in [0.05, 0.1) is 0 Å². The van der Waals surface area contributed by atoms with E-state index in [1.807, 2.05) is 19.9 Å². The molecule has 1 N–H and O–H groups in total. The van der Waals surface area contributed by atoms with E-state index >= 15 is 0 Å². The molecule has 1 aliphatic carbocycles. The van der Waals surface area contributed by atoms with Gasteiger partial charge in [-0.3, -0.25) is 9.59 Å². The Balaban J connectivity index is 2.03. The number of H-pyrrole nitrogens is 1. The number of aromatic nitrogens is 1. The first kappa shape index (κ1) is 17.7. The molecule has 1 aromatic heterocycles. The lowest BCUT2D eigenvalue weighted by Crippen LogP contribution is -2.32. The van der Waals surface area contributed by atoms with Gasteiger partial charge in [0.15, 0.2) is 5.78 Å². The largest absolute Gasteiger partial charge is 0.358 e. The third kappa shape index (κ3) is 3.20. The highest BCUT2D eigenvalue weighted by molar-refractivity contribution is 5.98. The van der Waals surface area contributed by atoms with E-state index in [2.05, 4.69) is 37.0 Å². The van der Waals surface area contributed by atoms with Gasteiger partial charge in [-0.05, 0) is 60.9 Å². The van der Waals surface area contributed by atoms with Crippen molar-refractivity contribution in [3.05, 3.63) is 46.6 Å². The topological polar surface area (TPSA) is 49.9 Å². The van der Waals surface area contributed by atoms with Crippen molar-refractivity contribution in [2.24, 2.45) is 5.92 Å². The molecule has 3 nitrogen and oxygen atoms in total. The SMILES string of the molecule is CCC(=O)c1cc(-c2ccc3c(c2)CC(C(C)=O)CC3(C)C)[nH]c1C. The maximum atomic E-state index is 12.1. The standard InChI is InChI=1S/C22H27NO2/c1-6-21(25)18-11-20(23-13(18)2)15-7-8-19-16(9-15)10-17(14(3)24)12-22(19,4)5/h7-9,11,17,23H,6,10,12H2,1-5H3. The maximum Gasteiger partial charge on any atom is 0.164 e. The van der Waals surface area contributed by atoms with Crippen LogP contribution in [0.5, 0.6) is 0 Å². The van der Waals surface area contributed by atoms with Gasteiger partial charge < -0.3 is 4.98 Å². The van der Waals surface area contributed by atoms with E-state index in [1.165, 1.54) is 11.1 Å². The van der Waals surface area contributed by atoms with E-state index in [0.29, 0.717) is 6.42 Å². The van der Waals surface area contributed by atoms with Crippen molar-refractivity contribution in [1.29, 1.82) is 0 Å². The second-order valence-electron chi connectivity index (χ2n) is 7.97. The first-order valence-corrected chi connectivity index (χ1v) is 9.10. The summed E-state index contributed by atoms with van der Waals surface area (Å²) in [5, 5.41) is 0. The second kappa shape index (κ2) is 6.29. The lowest BCUT2D eigenvalue weighted by atomic mass is 9.67. The zero-order valence-electron chi connectivity index (χ0n) is 15.8. The molecule has 0 spiro atoms. The highest BCUT2D eigenvalue weighted by Crippen LogP contribution is 2.41. The molecule has 0 amide bonds. The zero-order chi connectivity index (χ0) is 18.4. The van der Waals surface area contributed by atoms with Crippen LogP contribution >= 0.6 is 0 Å². The van der Waals surface area contributed by atoms with Gasteiger partial charge in [-0.15, -0.1) is 0 Å². The van der Waals surface area contributed by atoms with Gasteiger partial charge in [-0.1, -0.05) is 32.9 Å². The summed E-state index contributed by atoms with van der Waals surface area (Å²) in [6.45, 7) is 9.97. The van der Waals surface area contributed by atoms with Crippen molar-refractivity contribution in [2.45, 2.75) is 59.3 Å². The number of aryl methyl sites for hydroxylation is 1. The molecule has 2 aromatic rings. The van der Waals surface area contributed by atoms with Crippen LogP contribution in [0, 0.1) is 12.8 Å². The van der Waals surface area contributed by atoms with E-state index in [1.54, 1.807) is 6.92 Å². The summed E-state index contributed by atoms with van der Waals surface area (Å²) in [5.41, 5.74) is 6.35. The van der Waals surface area contributed by atoms with Gasteiger partial charge in [0.2, 0.25) is 0 Å². The molecule has 1 unspecified atom stereocenters. The van der Waals surface area contributed by atoms with Crippen molar-refractivity contribution < 1.29 is 9.59 Å². The van der Waals surface area contributed by atoms with Gasteiger partial charge in [0, 0.05) is 29.3 Å². The molecule has 0 radical (unpaired) electrons. The van der Waals surface area contributed by atoms with Crippen molar-refractivity contribution in [1.82, 2.24) is 4.98 Å². The summed E-state index contributed by atoms with van der Waals surface area (Å²) in [6, 6.07) is 8.47. The van der Waals surface area contributed by atoms with Crippen LogP contribution in [0.1, 0.15) is 67.7 Å². The molecule has 0 saturated heterocycles. The van der Waals surface area contributed by atoms with Gasteiger partial charge in [-0.2, -0.15) is 0 Å². The smallest absolute Gasteiger partial charge is 0.164 e. The fourth-order valence-electron chi connectivity index (χ4n) is 4.14. The zero-order valence-corrected chi connectivity index (χ0v) is 15.8. The summed E-state index contributed by atoms with van der Waals surface area (Å²) in [4.78, 5) is 27.4. The molecular weight excluding hydrogens is 310 g/mol. The minimum atomic E-state index is 0.0113. The van der Waals surface area contributed by atoms with Crippen molar-refractivity contribution in [2.75, 3.05) is 0 Å². The molecule has 1 aromatic carbocycles. The molecule has 132 valence electrons. The number of rotatable bonds is 4. The van der Waals surface area contributed by atoms with Gasteiger partial charge in [-0.25, -0.2) is 0 Å². The molecule has 3 rings (SSSR count). The molecule has 0 saturated carbocycles. The number of carbonyl (C=O) groups excluding carboxylic acids is 2. The monoisotopic (exact) mass is 337 g/mol. The quantitative estimate of drug-likeness (QED) is 0.797. The van der Waals surface area contributed by atoms with Gasteiger partial charge in [0.1, 0.15) is 5.78 Å². The van der Waals surface area contributed by atoms with Crippen LogP contribution in [0.2, 0.25) is 0 Å². The average molecular weight is 337 g/mol. The minimum Gasteiger partial charge on any atom is -0.358 e. The van der Waals surface area contributed by atoms with Crippen LogP contribution in [0.25, 0.3) is 11.3 Å². The van der Waals surface area contributed by atoms with Crippen LogP contribution in [0.15, 0.2) is 24.3 Å². The molecular formula is C22H27NO2. The number of ketones is 2. The molecule has 1 heterocycles. The highest BCUT2D eigenvalue weighted by Gasteiger charge is 2.34. The molecule has 0 aliphatic heterocycles. The first-order valence-electron chi connectivity index (χ1n) is 9.10. The lowest BCUT2D eigenvalue weighted by molar-refractivity contribution is -0.121. The molecule has 1 aliphatic rings. The molecule has 0 bridgehead atoms. The third-order valence-corrected chi connectivity index (χ3v) is 5.58. The van der Waals surface area contributed by atoms with E-state index in [9.17, 15) is 9.59 Å². The van der Waals surface area contributed by atoms with Crippen molar-refractivity contribution in [3.63, 3.8) is 0 Å². The first-order chi connectivity index (χ1) is 11.7. The summed E-state index contributed by atoms with van der Waals surface area (Å²) < 4.78 is 0. The van der Waals surface area contributed by atoms with E-state index in [4.69, 9.17) is 0 Å². The number of fused-ring (bicyclic) bond motifs is 1. The summed E-state index contributed by atoms with van der Waals surface area (Å²) in [6.07, 6.45) is 2.23. The Morgan fingerprint density at radius 1 is 1.24 bits per heavy atom. The Morgan fingerprint density at radius 3 is 2.60 bits per heavy atom. The van der Waals surface area contributed by atoms with Crippen molar-refractivity contribution >= 4 is 11.6 Å². The Labute approximate surface area is 149 Å². The Kier molecular flexibility index (Phi) is 4.44. The summed E-state index contributed by atoms with van der Waals surface area (Å²) in [7, 11) is 0. The Morgan fingerprint density at radius 2 is 1.96 bits per heavy atom. The number of hydrogen-bond donors (Lipinski definition) is 1. The van der Waals surface area contributed by atoms with Crippen LogP contribution in [-0.4, -0.2) is 16.6 Å². The fourth-order valence-corrected chi connectivity index (χ4v) is 4.14. The van der Waals surface area contributed by atoms with Gasteiger partial charge >= 0.3 is 0 Å². The summed E-state index contributed by atoms with van der Waals surface area (Å²) >= 11 is 0. The number of aromatic amines is 1. The molecule has 1 atom stereocenters. The van der Waals surface area contributed by atoms with E-state index < -0.39 is 0 Å². The molecule has 25 heavy (non-hydrogen) atoms. The highest BCUT2D eigenvalue weighted by atomic mass is 16.1. The number of nitrogens with one attached hydrogen (secondary N) is 1. The number of Topliss-reactive ketones (excluding diaryl/α,β-unsaturated/α-hetero) is 2. The van der Waals surface area contributed by atoms with Crippen LogP contribution in [-0.2, 0) is 16.6 Å². The Hall–Kier alpha value is -2.16. The normalized spacial score (nSPS) is 18.7.